The molecule has 2 atom stereocenters. The molecule has 0 aromatic carbocycles. The second-order valence-corrected chi connectivity index (χ2v) is 5.27. The van der Waals surface area contributed by atoms with Gasteiger partial charge in [-0.1, -0.05) is 6.07 Å². The van der Waals surface area contributed by atoms with E-state index in [1.807, 2.05) is 18.2 Å². The first-order valence-electron chi connectivity index (χ1n) is 6.12. The zero-order valence-electron chi connectivity index (χ0n) is 9.39. The smallest absolute Gasteiger partial charge is 0.0732 e. The summed E-state index contributed by atoms with van der Waals surface area (Å²) in [6.45, 7) is 0. The first kappa shape index (κ1) is 10.2. The van der Waals surface area contributed by atoms with E-state index in [-0.39, 0.29) is 0 Å². The van der Waals surface area contributed by atoms with Gasteiger partial charge in [0.2, 0.25) is 0 Å². The maximum absolute atomic E-state index is 10.6. The largest absolute Gasteiger partial charge is 0.389 e. The number of aromatic nitrogens is 1. The molecular formula is C13H18N2O. The van der Waals surface area contributed by atoms with Crippen molar-refractivity contribution < 1.29 is 5.11 Å². The van der Waals surface area contributed by atoms with Crippen molar-refractivity contribution in [2.75, 3.05) is 0 Å². The first-order chi connectivity index (χ1) is 7.73. The van der Waals surface area contributed by atoms with E-state index in [4.69, 9.17) is 0 Å². The first-order valence-corrected chi connectivity index (χ1v) is 6.12. The number of pyridine rings is 1. The normalized spacial score (nSPS) is 37.6. The van der Waals surface area contributed by atoms with E-state index < -0.39 is 5.60 Å². The number of hydrogen-bond acceptors (Lipinski definition) is 3. The van der Waals surface area contributed by atoms with Crippen LogP contribution in [0, 0.1) is 0 Å². The van der Waals surface area contributed by atoms with Gasteiger partial charge in [-0.05, 0) is 37.8 Å². The van der Waals surface area contributed by atoms with E-state index in [1.165, 1.54) is 12.8 Å². The molecule has 3 nitrogen and oxygen atoms in total. The summed E-state index contributed by atoms with van der Waals surface area (Å²) >= 11 is 0. The van der Waals surface area contributed by atoms with Gasteiger partial charge in [-0.3, -0.25) is 4.98 Å². The van der Waals surface area contributed by atoms with Crippen LogP contribution in [-0.4, -0.2) is 27.8 Å². The highest BCUT2D eigenvalue weighted by Gasteiger charge is 2.42. The number of nitrogens with one attached hydrogen (secondary N) is 1. The maximum Gasteiger partial charge on any atom is 0.0732 e. The molecule has 3 rings (SSSR count). The zero-order chi connectivity index (χ0) is 11.0. The molecular weight excluding hydrogens is 200 g/mol. The number of hydrogen-bond donors (Lipinski definition) is 2. The van der Waals surface area contributed by atoms with Crippen LogP contribution in [0.3, 0.4) is 0 Å². The van der Waals surface area contributed by atoms with Crippen LogP contribution in [-0.2, 0) is 6.42 Å². The number of nitrogens with zero attached hydrogens (tertiary/aromatic N) is 1. The quantitative estimate of drug-likeness (QED) is 0.785. The van der Waals surface area contributed by atoms with Crippen molar-refractivity contribution in [3.8, 4) is 0 Å². The number of fused-ring (bicyclic) bond motifs is 2. The summed E-state index contributed by atoms with van der Waals surface area (Å²) < 4.78 is 0. The average molecular weight is 218 g/mol. The molecule has 1 aromatic rings. The van der Waals surface area contributed by atoms with Crippen LogP contribution in [0.5, 0.6) is 0 Å². The molecule has 2 aliphatic rings. The molecule has 2 aliphatic heterocycles. The van der Waals surface area contributed by atoms with E-state index in [0.29, 0.717) is 18.5 Å². The van der Waals surface area contributed by atoms with Crippen molar-refractivity contribution in [1.82, 2.24) is 10.3 Å². The Labute approximate surface area is 95.9 Å². The molecule has 2 unspecified atom stereocenters. The van der Waals surface area contributed by atoms with Gasteiger partial charge in [0, 0.05) is 30.4 Å². The van der Waals surface area contributed by atoms with E-state index in [1.54, 1.807) is 6.20 Å². The van der Waals surface area contributed by atoms with Crippen molar-refractivity contribution in [1.29, 1.82) is 0 Å². The fraction of sp³-hybridized carbons (Fsp3) is 0.615. The Hall–Kier alpha value is -0.930. The van der Waals surface area contributed by atoms with Crippen LogP contribution in [0.25, 0.3) is 0 Å². The summed E-state index contributed by atoms with van der Waals surface area (Å²) in [5.74, 6) is 0. The summed E-state index contributed by atoms with van der Waals surface area (Å²) in [6.07, 6.45) is 6.68. The highest BCUT2D eigenvalue weighted by atomic mass is 16.3. The Morgan fingerprint density at radius 2 is 2.06 bits per heavy atom. The summed E-state index contributed by atoms with van der Waals surface area (Å²) in [5, 5.41) is 14.2. The minimum atomic E-state index is -0.536. The monoisotopic (exact) mass is 218 g/mol. The lowest BCUT2D eigenvalue weighted by molar-refractivity contribution is -0.00685. The predicted molar refractivity (Wildman–Crippen MR) is 62.1 cm³/mol. The molecule has 1 aromatic heterocycles. The second-order valence-electron chi connectivity index (χ2n) is 5.27. The van der Waals surface area contributed by atoms with E-state index in [0.717, 1.165) is 18.5 Å². The van der Waals surface area contributed by atoms with Crippen molar-refractivity contribution >= 4 is 0 Å². The Morgan fingerprint density at radius 3 is 2.69 bits per heavy atom. The molecule has 3 heteroatoms. The average Bonchev–Trinajstić information content (AvgIpc) is 2.59. The lowest BCUT2D eigenvalue weighted by atomic mass is 9.83. The minimum absolute atomic E-state index is 0.521. The van der Waals surface area contributed by atoms with Gasteiger partial charge in [-0.2, -0.15) is 0 Å². The van der Waals surface area contributed by atoms with E-state index in [2.05, 4.69) is 10.3 Å². The van der Waals surface area contributed by atoms with Crippen LogP contribution in [0.15, 0.2) is 24.4 Å². The summed E-state index contributed by atoms with van der Waals surface area (Å²) in [4.78, 5) is 4.31. The summed E-state index contributed by atoms with van der Waals surface area (Å²) in [5.41, 5.74) is 0.470. The lowest BCUT2D eigenvalue weighted by Crippen LogP contribution is -2.49. The standard InChI is InChI=1S/C13H18N2O/c16-13(7-10-3-1-2-6-14-10)8-11-4-5-12(9-13)15-11/h1-3,6,11-12,15-16H,4-5,7-9H2. The second kappa shape index (κ2) is 3.82. The van der Waals surface area contributed by atoms with Crippen molar-refractivity contribution in [3.05, 3.63) is 30.1 Å². The van der Waals surface area contributed by atoms with E-state index >= 15 is 0 Å². The summed E-state index contributed by atoms with van der Waals surface area (Å²) in [6, 6.07) is 6.95. The third-order valence-corrected chi connectivity index (χ3v) is 3.82. The molecule has 86 valence electrons. The molecule has 2 fully saturated rings. The molecule has 0 amide bonds. The van der Waals surface area contributed by atoms with Crippen molar-refractivity contribution in [3.63, 3.8) is 0 Å². The molecule has 0 radical (unpaired) electrons. The summed E-state index contributed by atoms with van der Waals surface area (Å²) in [7, 11) is 0. The van der Waals surface area contributed by atoms with Gasteiger partial charge < -0.3 is 10.4 Å². The van der Waals surface area contributed by atoms with Gasteiger partial charge in [0.05, 0.1) is 5.60 Å². The SMILES string of the molecule is OC1(Cc2ccccn2)CC2CCC(C1)N2. The third kappa shape index (κ3) is 1.97. The van der Waals surface area contributed by atoms with Crippen LogP contribution < -0.4 is 5.32 Å². The maximum atomic E-state index is 10.6. The molecule has 3 heterocycles. The topological polar surface area (TPSA) is 45.2 Å². The van der Waals surface area contributed by atoms with Gasteiger partial charge >= 0.3 is 0 Å². The number of rotatable bonds is 2. The Morgan fingerprint density at radius 1 is 1.31 bits per heavy atom. The van der Waals surface area contributed by atoms with Crippen LogP contribution in [0.2, 0.25) is 0 Å². The lowest BCUT2D eigenvalue weighted by Gasteiger charge is -2.37. The third-order valence-electron chi connectivity index (χ3n) is 3.82. The highest BCUT2D eigenvalue weighted by molar-refractivity contribution is 5.10. The van der Waals surface area contributed by atoms with E-state index in [9.17, 15) is 5.11 Å². The van der Waals surface area contributed by atoms with Crippen LogP contribution in [0.4, 0.5) is 0 Å². The van der Waals surface area contributed by atoms with Gasteiger partial charge in [0.1, 0.15) is 0 Å². The molecule has 0 aliphatic carbocycles. The molecule has 0 spiro atoms. The molecule has 2 bridgehead atoms. The van der Waals surface area contributed by atoms with Crippen LogP contribution in [0.1, 0.15) is 31.4 Å². The van der Waals surface area contributed by atoms with Crippen molar-refractivity contribution in [2.45, 2.75) is 49.8 Å². The number of piperidine rings is 1. The molecule has 0 saturated carbocycles. The zero-order valence-corrected chi connectivity index (χ0v) is 9.39. The van der Waals surface area contributed by atoms with Gasteiger partial charge in [-0.15, -0.1) is 0 Å². The molecule has 16 heavy (non-hydrogen) atoms. The molecule has 2 N–H and O–H groups in total. The van der Waals surface area contributed by atoms with Gasteiger partial charge in [0.25, 0.3) is 0 Å². The van der Waals surface area contributed by atoms with Crippen molar-refractivity contribution in [2.24, 2.45) is 0 Å². The van der Waals surface area contributed by atoms with Gasteiger partial charge in [-0.25, -0.2) is 0 Å². The number of aliphatic hydroxyl groups is 1. The fourth-order valence-electron chi connectivity index (χ4n) is 3.21. The Kier molecular flexibility index (Phi) is 2.45. The highest BCUT2D eigenvalue weighted by Crippen LogP contribution is 2.35. The van der Waals surface area contributed by atoms with Gasteiger partial charge in [0.15, 0.2) is 0 Å². The Bertz CT molecular complexity index is 353. The fourth-order valence-corrected chi connectivity index (χ4v) is 3.21. The van der Waals surface area contributed by atoms with Crippen LogP contribution >= 0.6 is 0 Å². The minimum Gasteiger partial charge on any atom is -0.389 e. The predicted octanol–water partition coefficient (Wildman–Crippen LogP) is 1.27. The Balaban J connectivity index is 1.74. The molecule has 2 saturated heterocycles.